The van der Waals surface area contributed by atoms with E-state index in [9.17, 15) is 0 Å². The van der Waals surface area contributed by atoms with Crippen LogP contribution in [-0.4, -0.2) is 11.5 Å². The van der Waals surface area contributed by atoms with Crippen molar-refractivity contribution in [3.63, 3.8) is 0 Å². The largest absolute Gasteiger partial charge is 0.383 e. The number of nitrogens with one attached hydrogen (secondary N) is 1. The third-order valence-electron chi connectivity index (χ3n) is 2.42. The molecule has 0 spiro atoms. The smallest absolute Gasteiger partial charge is 0.0992 e. The molecule has 0 aliphatic carbocycles. The van der Waals surface area contributed by atoms with Crippen molar-refractivity contribution in [3.05, 3.63) is 44.9 Å². The van der Waals surface area contributed by atoms with Gasteiger partial charge in [0.15, 0.2) is 0 Å². The lowest BCUT2D eigenvalue weighted by molar-refractivity contribution is 0.987. The predicted octanol–water partition coefficient (Wildman–Crippen LogP) is 3.63. The second kappa shape index (κ2) is 5.85. The summed E-state index contributed by atoms with van der Waals surface area (Å²) in [5.74, 6) is 0. The summed E-state index contributed by atoms with van der Waals surface area (Å²) in [6.07, 6.45) is 0.870. The standard InChI is InChI=1S/C13H12ClN3S/c1-9-8-18-13(17-9)4-5-16-12-3-2-10(7-15)6-11(12)14/h2-3,6,8,16H,4-5H2,1H3. The number of thiazole rings is 1. The molecule has 1 N–H and O–H groups in total. The number of halogens is 1. The molecular formula is C13H12ClN3S. The van der Waals surface area contributed by atoms with Gasteiger partial charge in [0.05, 0.1) is 27.4 Å². The van der Waals surface area contributed by atoms with E-state index in [0.29, 0.717) is 10.6 Å². The first-order chi connectivity index (χ1) is 8.69. The van der Waals surface area contributed by atoms with Crippen molar-refractivity contribution in [1.82, 2.24) is 4.98 Å². The van der Waals surface area contributed by atoms with Gasteiger partial charge in [-0.2, -0.15) is 5.26 Å². The second-order valence-electron chi connectivity index (χ2n) is 3.87. The van der Waals surface area contributed by atoms with E-state index in [1.165, 1.54) is 0 Å². The van der Waals surface area contributed by atoms with Crippen molar-refractivity contribution in [3.8, 4) is 6.07 Å². The van der Waals surface area contributed by atoms with Crippen molar-refractivity contribution >= 4 is 28.6 Å². The lowest BCUT2D eigenvalue weighted by Crippen LogP contribution is -2.05. The molecule has 1 aromatic carbocycles. The van der Waals surface area contributed by atoms with E-state index in [4.69, 9.17) is 16.9 Å². The highest BCUT2D eigenvalue weighted by Crippen LogP contribution is 2.22. The first kappa shape index (κ1) is 12.9. The zero-order valence-electron chi connectivity index (χ0n) is 9.90. The number of hydrogen-bond acceptors (Lipinski definition) is 4. The monoisotopic (exact) mass is 277 g/mol. The molecule has 0 amide bonds. The quantitative estimate of drug-likeness (QED) is 0.928. The average Bonchev–Trinajstić information content (AvgIpc) is 2.77. The predicted molar refractivity (Wildman–Crippen MR) is 75.2 cm³/mol. The maximum Gasteiger partial charge on any atom is 0.0992 e. The molecule has 0 unspecified atom stereocenters. The summed E-state index contributed by atoms with van der Waals surface area (Å²) < 4.78 is 0. The van der Waals surface area contributed by atoms with Gasteiger partial charge >= 0.3 is 0 Å². The Morgan fingerprint density at radius 3 is 2.94 bits per heavy atom. The minimum absolute atomic E-state index is 0.570. The highest BCUT2D eigenvalue weighted by Gasteiger charge is 2.02. The second-order valence-corrected chi connectivity index (χ2v) is 5.22. The molecule has 0 radical (unpaired) electrons. The van der Waals surface area contributed by atoms with Gasteiger partial charge in [-0.05, 0) is 25.1 Å². The third kappa shape index (κ3) is 3.22. The van der Waals surface area contributed by atoms with E-state index in [1.807, 2.05) is 18.4 Å². The molecule has 0 saturated heterocycles. The van der Waals surface area contributed by atoms with Crippen LogP contribution in [0, 0.1) is 18.3 Å². The molecule has 1 aromatic heterocycles. The topological polar surface area (TPSA) is 48.7 Å². The molecule has 2 rings (SSSR count). The van der Waals surface area contributed by atoms with Crippen molar-refractivity contribution in [2.24, 2.45) is 0 Å². The number of aryl methyl sites for hydroxylation is 1. The van der Waals surface area contributed by atoms with Crippen LogP contribution in [-0.2, 0) is 6.42 Å². The Kier molecular flexibility index (Phi) is 4.19. The molecule has 92 valence electrons. The van der Waals surface area contributed by atoms with Crippen molar-refractivity contribution in [1.29, 1.82) is 5.26 Å². The molecule has 0 aliphatic rings. The number of nitriles is 1. The number of hydrogen-bond donors (Lipinski definition) is 1. The van der Waals surface area contributed by atoms with Crippen molar-refractivity contribution < 1.29 is 0 Å². The molecule has 0 saturated carbocycles. The van der Waals surface area contributed by atoms with Crippen molar-refractivity contribution in [2.45, 2.75) is 13.3 Å². The lowest BCUT2D eigenvalue weighted by atomic mass is 10.2. The highest BCUT2D eigenvalue weighted by atomic mass is 35.5. The van der Waals surface area contributed by atoms with Crippen molar-refractivity contribution in [2.75, 3.05) is 11.9 Å². The molecule has 1 heterocycles. The third-order valence-corrected chi connectivity index (χ3v) is 3.76. The molecule has 5 heteroatoms. The van der Waals surface area contributed by atoms with Gasteiger partial charge in [0.2, 0.25) is 0 Å². The molecule has 0 fully saturated rings. The van der Waals surface area contributed by atoms with E-state index in [1.54, 1.807) is 23.5 Å². The molecule has 3 nitrogen and oxygen atoms in total. The van der Waals surface area contributed by atoms with Crippen LogP contribution >= 0.6 is 22.9 Å². The van der Waals surface area contributed by atoms with E-state index in [-0.39, 0.29) is 0 Å². The van der Waals surface area contributed by atoms with E-state index in [2.05, 4.69) is 16.4 Å². The Bertz CT molecular complexity index is 586. The van der Waals surface area contributed by atoms with E-state index in [0.717, 1.165) is 29.4 Å². The average molecular weight is 278 g/mol. The summed E-state index contributed by atoms with van der Waals surface area (Å²) >= 11 is 7.74. The van der Waals surface area contributed by atoms with E-state index >= 15 is 0 Å². The summed E-state index contributed by atoms with van der Waals surface area (Å²) in [5, 5.41) is 15.7. The highest BCUT2D eigenvalue weighted by molar-refractivity contribution is 7.09. The molecule has 0 bridgehead atoms. The fourth-order valence-corrected chi connectivity index (χ4v) is 2.57. The maximum absolute atomic E-state index is 8.74. The van der Waals surface area contributed by atoms with Gasteiger partial charge in [-0.1, -0.05) is 11.6 Å². The van der Waals surface area contributed by atoms with Gasteiger partial charge in [0, 0.05) is 24.0 Å². The Balaban J connectivity index is 1.92. The minimum atomic E-state index is 0.570. The SMILES string of the molecule is Cc1csc(CCNc2ccc(C#N)cc2Cl)n1. The van der Waals surface area contributed by atoms with Gasteiger partial charge < -0.3 is 5.32 Å². The van der Waals surface area contributed by atoms with Crippen LogP contribution < -0.4 is 5.32 Å². The Labute approximate surface area is 115 Å². The van der Waals surface area contributed by atoms with Crippen LogP contribution in [0.3, 0.4) is 0 Å². The van der Waals surface area contributed by atoms with Crippen LogP contribution in [0.4, 0.5) is 5.69 Å². The van der Waals surface area contributed by atoms with Crippen LogP contribution in [0.5, 0.6) is 0 Å². The Hall–Kier alpha value is -1.57. The molecule has 0 atom stereocenters. The van der Waals surface area contributed by atoms with Gasteiger partial charge in [0.1, 0.15) is 0 Å². The zero-order chi connectivity index (χ0) is 13.0. The fourth-order valence-electron chi connectivity index (χ4n) is 1.55. The lowest BCUT2D eigenvalue weighted by Gasteiger charge is -2.07. The fraction of sp³-hybridized carbons (Fsp3) is 0.231. The number of benzene rings is 1. The van der Waals surface area contributed by atoms with Crippen LogP contribution in [0.25, 0.3) is 0 Å². The van der Waals surface area contributed by atoms with Gasteiger partial charge in [-0.25, -0.2) is 4.98 Å². The molecule has 2 aromatic rings. The van der Waals surface area contributed by atoms with Crippen LogP contribution in [0.2, 0.25) is 5.02 Å². The minimum Gasteiger partial charge on any atom is -0.383 e. The summed E-state index contributed by atoms with van der Waals surface area (Å²) in [6.45, 7) is 2.77. The molecule has 0 aliphatic heterocycles. The number of nitrogens with zero attached hydrogens (tertiary/aromatic N) is 2. The number of aromatic nitrogens is 1. The Morgan fingerprint density at radius 1 is 1.50 bits per heavy atom. The first-order valence-electron chi connectivity index (χ1n) is 5.53. The normalized spacial score (nSPS) is 10.1. The number of anilines is 1. The summed E-state index contributed by atoms with van der Waals surface area (Å²) in [5.41, 5.74) is 2.48. The Morgan fingerprint density at radius 2 is 2.33 bits per heavy atom. The maximum atomic E-state index is 8.74. The van der Waals surface area contributed by atoms with Crippen LogP contribution in [0.15, 0.2) is 23.6 Å². The van der Waals surface area contributed by atoms with E-state index < -0.39 is 0 Å². The summed E-state index contributed by atoms with van der Waals surface area (Å²) in [4.78, 5) is 4.39. The van der Waals surface area contributed by atoms with Crippen LogP contribution in [0.1, 0.15) is 16.3 Å². The number of rotatable bonds is 4. The summed E-state index contributed by atoms with van der Waals surface area (Å²) in [6, 6.07) is 7.30. The van der Waals surface area contributed by atoms with Gasteiger partial charge in [-0.3, -0.25) is 0 Å². The zero-order valence-corrected chi connectivity index (χ0v) is 11.5. The van der Waals surface area contributed by atoms with Gasteiger partial charge in [0.25, 0.3) is 0 Å². The summed E-state index contributed by atoms with van der Waals surface area (Å²) in [7, 11) is 0. The van der Waals surface area contributed by atoms with Gasteiger partial charge in [-0.15, -0.1) is 11.3 Å². The first-order valence-corrected chi connectivity index (χ1v) is 6.79. The molecular weight excluding hydrogens is 266 g/mol. The molecule has 18 heavy (non-hydrogen) atoms.